The first-order chi connectivity index (χ1) is 9.66. The average Bonchev–Trinajstić information content (AvgIpc) is 2.47. The van der Waals surface area contributed by atoms with Crippen molar-refractivity contribution >= 4 is 22.3 Å². The Labute approximate surface area is 115 Å². The van der Waals surface area contributed by atoms with E-state index in [-0.39, 0.29) is 16.7 Å². The number of hydrogen-bond donors (Lipinski definition) is 1. The summed E-state index contributed by atoms with van der Waals surface area (Å²) in [6.45, 7) is 1.48. The van der Waals surface area contributed by atoms with E-state index in [1.165, 1.54) is 6.07 Å². The predicted molar refractivity (Wildman–Crippen MR) is 75.9 cm³/mol. The number of nitrogens with zero attached hydrogens (tertiary/aromatic N) is 3. The van der Waals surface area contributed by atoms with Crippen LogP contribution in [0.2, 0.25) is 0 Å². The largest absolute Gasteiger partial charge is 0.393 e. The molecule has 104 valence electrons. The molecule has 1 aliphatic rings. The SMILES string of the molecule is O=[N+]([O-])c1ccc(N2CCC(O)CC2)c2ncccc12. The van der Waals surface area contributed by atoms with E-state index in [1.54, 1.807) is 24.4 Å². The molecule has 6 heteroatoms. The number of aliphatic hydroxyl groups is 1. The van der Waals surface area contributed by atoms with Crippen LogP contribution >= 0.6 is 0 Å². The number of pyridine rings is 1. The second-order valence-corrected chi connectivity index (χ2v) is 4.98. The highest BCUT2D eigenvalue weighted by atomic mass is 16.6. The second-order valence-electron chi connectivity index (χ2n) is 4.98. The number of nitro benzene ring substituents is 1. The molecule has 0 saturated carbocycles. The van der Waals surface area contributed by atoms with Crippen LogP contribution in [0.4, 0.5) is 11.4 Å². The lowest BCUT2D eigenvalue weighted by Gasteiger charge is -2.31. The van der Waals surface area contributed by atoms with E-state index in [2.05, 4.69) is 9.88 Å². The van der Waals surface area contributed by atoms with Gasteiger partial charge in [-0.2, -0.15) is 0 Å². The van der Waals surface area contributed by atoms with Gasteiger partial charge < -0.3 is 10.0 Å². The van der Waals surface area contributed by atoms with Gasteiger partial charge in [-0.05, 0) is 31.0 Å². The molecule has 2 aromatic rings. The van der Waals surface area contributed by atoms with Gasteiger partial charge in [0.15, 0.2) is 0 Å². The number of fused-ring (bicyclic) bond motifs is 1. The van der Waals surface area contributed by atoms with Gasteiger partial charge in [0.2, 0.25) is 0 Å². The van der Waals surface area contributed by atoms with E-state index >= 15 is 0 Å². The van der Waals surface area contributed by atoms with E-state index in [0.29, 0.717) is 23.7 Å². The number of rotatable bonds is 2. The summed E-state index contributed by atoms with van der Waals surface area (Å²) < 4.78 is 0. The van der Waals surface area contributed by atoms with Gasteiger partial charge >= 0.3 is 0 Å². The third-order valence-electron chi connectivity index (χ3n) is 3.73. The van der Waals surface area contributed by atoms with Gasteiger partial charge in [-0.3, -0.25) is 15.1 Å². The lowest BCUT2D eigenvalue weighted by Crippen LogP contribution is -2.35. The second kappa shape index (κ2) is 5.05. The molecule has 2 heterocycles. The Morgan fingerprint density at radius 2 is 2.05 bits per heavy atom. The predicted octanol–water partition coefficient (Wildman–Crippen LogP) is 2.10. The first kappa shape index (κ1) is 12.8. The van der Waals surface area contributed by atoms with E-state index in [4.69, 9.17) is 0 Å². The zero-order valence-electron chi connectivity index (χ0n) is 10.9. The Bertz CT molecular complexity index is 651. The number of anilines is 1. The van der Waals surface area contributed by atoms with Gasteiger partial charge in [-0.25, -0.2) is 0 Å². The minimum atomic E-state index is -0.381. The van der Waals surface area contributed by atoms with Crippen molar-refractivity contribution in [2.24, 2.45) is 0 Å². The number of benzene rings is 1. The summed E-state index contributed by atoms with van der Waals surface area (Å²) >= 11 is 0. The van der Waals surface area contributed by atoms with Gasteiger partial charge in [0.05, 0.1) is 22.1 Å². The minimum Gasteiger partial charge on any atom is -0.393 e. The highest BCUT2D eigenvalue weighted by molar-refractivity contribution is 5.97. The van der Waals surface area contributed by atoms with Crippen molar-refractivity contribution in [3.8, 4) is 0 Å². The third-order valence-corrected chi connectivity index (χ3v) is 3.73. The first-order valence-corrected chi connectivity index (χ1v) is 6.62. The molecule has 1 aromatic carbocycles. The molecule has 0 atom stereocenters. The number of nitro groups is 1. The van der Waals surface area contributed by atoms with Crippen LogP contribution in [0.25, 0.3) is 10.9 Å². The van der Waals surface area contributed by atoms with Gasteiger partial charge in [-0.15, -0.1) is 0 Å². The van der Waals surface area contributed by atoms with Gasteiger partial charge in [0.1, 0.15) is 5.52 Å². The van der Waals surface area contributed by atoms with Crippen molar-refractivity contribution in [3.05, 3.63) is 40.6 Å². The summed E-state index contributed by atoms with van der Waals surface area (Å²) in [5.74, 6) is 0. The monoisotopic (exact) mass is 273 g/mol. The van der Waals surface area contributed by atoms with Crippen LogP contribution in [0, 0.1) is 10.1 Å². The summed E-state index contributed by atoms with van der Waals surface area (Å²) in [7, 11) is 0. The molecule has 1 N–H and O–H groups in total. The zero-order valence-corrected chi connectivity index (χ0v) is 10.9. The molecular weight excluding hydrogens is 258 g/mol. The van der Waals surface area contributed by atoms with Crippen molar-refractivity contribution in [1.82, 2.24) is 4.98 Å². The van der Waals surface area contributed by atoms with Crippen molar-refractivity contribution in [1.29, 1.82) is 0 Å². The summed E-state index contributed by atoms with van der Waals surface area (Å²) in [6.07, 6.45) is 2.83. The third kappa shape index (κ3) is 2.18. The Morgan fingerprint density at radius 3 is 2.75 bits per heavy atom. The highest BCUT2D eigenvalue weighted by Crippen LogP contribution is 2.33. The maximum Gasteiger partial charge on any atom is 0.278 e. The summed E-state index contributed by atoms with van der Waals surface area (Å²) in [5, 5.41) is 21.2. The van der Waals surface area contributed by atoms with Crippen LogP contribution in [-0.2, 0) is 0 Å². The molecule has 0 spiro atoms. The summed E-state index contributed by atoms with van der Waals surface area (Å²) in [6, 6.07) is 6.72. The van der Waals surface area contributed by atoms with Crippen molar-refractivity contribution in [2.75, 3.05) is 18.0 Å². The first-order valence-electron chi connectivity index (χ1n) is 6.62. The Kier molecular flexibility index (Phi) is 3.23. The molecule has 1 aliphatic heterocycles. The fraction of sp³-hybridized carbons (Fsp3) is 0.357. The lowest BCUT2D eigenvalue weighted by molar-refractivity contribution is -0.383. The molecule has 1 aromatic heterocycles. The lowest BCUT2D eigenvalue weighted by atomic mass is 10.1. The number of hydrogen-bond acceptors (Lipinski definition) is 5. The molecule has 0 radical (unpaired) electrons. The van der Waals surface area contributed by atoms with E-state index in [1.807, 2.05) is 0 Å². The van der Waals surface area contributed by atoms with Crippen molar-refractivity contribution in [2.45, 2.75) is 18.9 Å². The fourth-order valence-electron chi connectivity index (χ4n) is 2.66. The van der Waals surface area contributed by atoms with Crippen molar-refractivity contribution in [3.63, 3.8) is 0 Å². The van der Waals surface area contributed by atoms with Gasteiger partial charge in [0, 0.05) is 25.4 Å². The molecule has 6 nitrogen and oxygen atoms in total. The molecule has 3 rings (SSSR count). The number of aromatic nitrogens is 1. The van der Waals surface area contributed by atoms with Crippen LogP contribution in [0.3, 0.4) is 0 Å². The van der Waals surface area contributed by atoms with E-state index in [9.17, 15) is 15.2 Å². The van der Waals surface area contributed by atoms with Crippen molar-refractivity contribution < 1.29 is 10.0 Å². The normalized spacial score (nSPS) is 16.6. The smallest absolute Gasteiger partial charge is 0.278 e. The summed E-state index contributed by atoms with van der Waals surface area (Å²) in [5.41, 5.74) is 1.63. The van der Waals surface area contributed by atoms with Crippen LogP contribution in [-0.4, -0.2) is 34.2 Å². The molecule has 0 unspecified atom stereocenters. The van der Waals surface area contributed by atoms with E-state index < -0.39 is 0 Å². The fourth-order valence-corrected chi connectivity index (χ4v) is 2.66. The molecule has 1 saturated heterocycles. The topological polar surface area (TPSA) is 79.5 Å². The Hall–Kier alpha value is -2.21. The maximum atomic E-state index is 11.1. The standard InChI is InChI=1S/C14H15N3O3/c18-10-5-8-16(9-6-10)13-4-3-12(17(19)20)11-2-1-7-15-14(11)13/h1-4,7,10,18H,5-6,8-9H2. The summed E-state index contributed by atoms with van der Waals surface area (Å²) in [4.78, 5) is 17.1. The van der Waals surface area contributed by atoms with E-state index in [0.717, 1.165) is 18.8 Å². The number of piperidine rings is 1. The van der Waals surface area contributed by atoms with Gasteiger partial charge in [-0.1, -0.05) is 0 Å². The van der Waals surface area contributed by atoms with Crippen LogP contribution in [0.15, 0.2) is 30.5 Å². The molecule has 0 bridgehead atoms. The number of aliphatic hydroxyl groups excluding tert-OH is 1. The molecule has 1 fully saturated rings. The van der Waals surface area contributed by atoms with Crippen LogP contribution in [0.1, 0.15) is 12.8 Å². The Balaban J connectivity index is 2.08. The average molecular weight is 273 g/mol. The molecule has 20 heavy (non-hydrogen) atoms. The minimum absolute atomic E-state index is 0.0777. The molecule has 0 amide bonds. The van der Waals surface area contributed by atoms with Crippen LogP contribution < -0.4 is 4.90 Å². The quantitative estimate of drug-likeness (QED) is 0.669. The van der Waals surface area contributed by atoms with Gasteiger partial charge in [0.25, 0.3) is 5.69 Å². The highest BCUT2D eigenvalue weighted by Gasteiger charge is 2.22. The maximum absolute atomic E-state index is 11.1. The number of non-ortho nitro benzene ring substituents is 1. The molecule has 0 aliphatic carbocycles. The zero-order chi connectivity index (χ0) is 14.1. The Morgan fingerprint density at radius 1 is 1.30 bits per heavy atom. The van der Waals surface area contributed by atoms with Crippen LogP contribution in [0.5, 0.6) is 0 Å². The molecular formula is C14H15N3O3.